The molecule has 0 aliphatic carbocycles. The number of hydrogen-bond donors (Lipinski definition) is 0. The second-order valence-corrected chi connectivity index (χ2v) is 4.83. The summed E-state index contributed by atoms with van der Waals surface area (Å²) in [6.45, 7) is 1.10. The average Bonchev–Trinajstić information content (AvgIpc) is 2.85. The Kier molecular flexibility index (Phi) is 3.53. The summed E-state index contributed by atoms with van der Waals surface area (Å²) >= 11 is 6.22. The van der Waals surface area contributed by atoms with Gasteiger partial charge in [0.2, 0.25) is 0 Å². The van der Waals surface area contributed by atoms with Gasteiger partial charge in [0.1, 0.15) is 6.73 Å². The average molecular weight is 272 g/mol. The van der Waals surface area contributed by atoms with Gasteiger partial charge in [-0.3, -0.25) is 0 Å². The molecule has 0 atom stereocenters. The summed E-state index contributed by atoms with van der Waals surface area (Å²) < 4.78 is 7.76. The first-order chi connectivity index (χ1) is 9.34. The van der Waals surface area contributed by atoms with Crippen LogP contribution in [-0.2, 0) is 18.1 Å². The van der Waals surface area contributed by atoms with Crippen LogP contribution < -0.4 is 0 Å². The summed E-state index contributed by atoms with van der Waals surface area (Å²) in [6.07, 6.45) is 2.00. The quantitative estimate of drug-likeness (QED) is 0.683. The van der Waals surface area contributed by atoms with Gasteiger partial charge in [0.25, 0.3) is 0 Å². The SMILES string of the molecule is Clc1cccc2ccn(COCc3ccccc3)c12. The van der Waals surface area contributed by atoms with Gasteiger partial charge in [-0.1, -0.05) is 54.1 Å². The number of ether oxygens (including phenoxy) is 1. The Labute approximate surface area is 117 Å². The molecule has 3 heteroatoms. The topological polar surface area (TPSA) is 14.2 Å². The van der Waals surface area contributed by atoms with Gasteiger partial charge in [0.05, 0.1) is 17.1 Å². The van der Waals surface area contributed by atoms with Crippen LogP contribution in [0.25, 0.3) is 10.9 Å². The number of rotatable bonds is 4. The van der Waals surface area contributed by atoms with Crippen LogP contribution in [0.15, 0.2) is 60.8 Å². The normalized spacial score (nSPS) is 11.0. The predicted octanol–water partition coefficient (Wildman–Crippen LogP) is 4.47. The first-order valence-electron chi connectivity index (χ1n) is 6.19. The Morgan fingerprint density at radius 3 is 2.63 bits per heavy atom. The molecule has 2 nitrogen and oxygen atoms in total. The third kappa shape index (κ3) is 2.65. The molecule has 0 radical (unpaired) electrons. The van der Waals surface area contributed by atoms with Crippen LogP contribution in [0.2, 0.25) is 5.02 Å². The molecule has 0 aliphatic heterocycles. The van der Waals surface area contributed by atoms with E-state index in [1.165, 1.54) is 5.56 Å². The van der Waals surface area contributed by atoms with E-state index in [9.17, 15) is 0 Å². The van der Waals surface area contributed by atoms with Gasteiger partial charge in [-0.15, -0.1) is 0 Å². The van der Waals surface area contributed by atoms with E-state index in [1.807, 2.05) is 47.2 Å². The highest BCUT2D eigenvalue weighted by molar-refractivity contribution is 6.35. The maximum absolute atomic E-state index is 6.22. The van der Waals surface area contributed by atoms with E-state index in [2.05, 4.69) is 18.2 Å². The molecular weight excluding hydrogens is 258 g/mol. The zero-order valence-electron chi connectivity index (χ0n) is 10.4. The molecule has 1 heterocycles. The monoisotopic (exact) mass is 271 g/mol. The molecule has 0 N–H and O–H groups in total. The number of hydrogen-bond acceptors (Lipinski definition) is 1. The molecule has 0 fully saturated rings. The zero-order valence-corrected chi connectivity index (χ0v) is 11.2. The minimum absolute atomic E-state index is 0.502. The summed E-state index contributed by atoms with van der Waals surface area (Å²) in [7, 11) is 0. The summed E-state index contributed by atoms with van der Waals surface area (Å²) in [5.41, 5.74) is 2.20. The number of halogens is 1. The molecule has 0 spiro atoms. The predicted molar refractivity (Wildman–Crippen MR) is 78.2 cm³/mol. The van der Waals surface area contributed by atoms with Crippen molar-refractivity contribution in [1.29, 1.82) is 0 Å². The molecule has 2 aromatic carbocycles. The minimum atomic E-state index is 0.502. The van der Waals surface area contributed by atoms with Gasteiger partial charge in [0, 0.05) is 11.6 Å². The number of nitrogens with zero attached hydrogens (tertiary/aromatic N) is 1. The standard InChI is InChI=1S/C16H14ClNO/c17-15-8-4-7-14-9-10-18(16(14)15)12-19-11-13-5-2-1-3-6-13/h1-10H,11-12H2. The Bertz CT molecular complexity index is 676. The maximum atomic E-state index is 6.22. The van der Waals surface area contributed by atoms with Gasteiger partial charge < -0.3 is 9.30 Å². The van der Waals surface area contributed by atoms with Crippen molar-refractivity contribution in [3.05, 3.63) is 71.4 Å². The number of aromatic nitrogens is 1. The maximum Gasteiger partial charge on any atom is 0.123 e. The van der Waals surface area contributed by atoms with Gasteiger partial charge >= 0.3 is 0 Å². The Morgan fingerprint density at radius 2 is 1.79 bits per heavy atom. The second kappa shape index (κ2) is 5.47. The lowest BCUT2D eigenvalue weighted by atomic mass is 10.2. The smallest absolute Gasteiger partial charge is 0.123 e. The van der Waals surface area contributed by atoms with Crippen molar-refractivity contribution in [1.82, 2.24) is 4.57 Å². The molecule has 0 aliphatic rings. The minimum Gasteiger partial charge on any atom is -0.356 e. The third-order valence-corrected chi connectivity index (χ3v) is 3.39. The van der Waals surface area contributed by atoms with Crippen molar-refractivity contribution in [2.75, 3.05) is 0 Å². The molecular formula is C16H14ClNO. The highest BCUT2D eigenvalue weighted by atomic mass is 35.5. The molecule has 0 amide bonds. The fourth-order valence-electron chi connectivity index (χ4n) is 2.16. The van der Waals surface area contributed by atoms with E-state index in [0.717, 1.165) is 15.9 Å². The van der Waals surface area contributed by atoms with Crippen LogP contribution in [0, 0.1) is 0 Å². The lowest BCUT2D eigenvalue weighted by Gasteiger charge is -2.08. The number of benzene rings is 2. The first-order valence-corrected chi connectivity index (χ1v) is 6.57. The molecule has 3 rings (SSSR count). The molecule has 0 saturated carbocycles. The fourth-order valence-corrected chi connectivity index (χ4v) is 2.45. The van der Waals surface area contributed by atoms with E-state index in [4.69, 9.17) is 16.3 Å². The van der Waals surface area contributed by atoms with Gasteiger partial charge in [-0.05, 0) is 17.7 Å². The van der Waals surface area contributed by atoms with Crippen molar-refractivity contribution in [3.63, 3.8) is 0 Å². The van der Waals surface area contributed by atoms with Crippen LogP contribution >= 0.6 is 11.6 Å². The van der Waals surface area contributed by atoms with E-state index in [-0.39, 0.29) is 0 Å². The highest BCUT2D eigenvalue weighted by Crippen LogP contribution is 2.24. The van der Waals surface area contributed by atoms with Crippen LogP contribution in [0.5, 0.6) is 0 Å². The van der Waals surface area contributed by atoms with Crippen molar-refractivity contribution < 1.29 is 4.74 Å². The van der Waals surface area contributed by atoms with Crippen molar-refractivity contribution in [2.24, 2.45) is 0 Å². The van der Waals surface area contributed by atoms with E-state index >= 15 is 0 Å². The van der Waals surface area contributed by atoms with Crippen LogP contribution in [0.4, 0.5) is 0 Å². The molecule has 1 aromatic heterocycles. The first kappa shape index (κ1) is 12.3. The lowest BCUT2D eigenvalue weighted by Crippen LogP contribution is -2.01. The summed E-state index contributed by atoms with van der Waals surface area (Å²) in [6, 6.07) is 18.1. The van der Waals surface area contributed by atoms with Crippen molar-refractivity contribution >= 4 is 22.5 Å². The largest absolute Gasteiger partial charge is 0.356 e. The Balaban J connectivity index is 1.72. The van der Waals surface area contributed by atoms with E-state index in [1.54, 1.807) is 0 Å². The summed E-state index contributed by atoms with van der Waals surface area (Å²) in [5, 5.41) is 1.89. The third-order valence-electron chi connectivity index (χ3n) is 3.08. The zero-order chi connectivity index (χ0) is 13.1. The molecule has 0 unspecified atom stereocenters. The highest BCUT2D eigenvalue weighted by Gasteiger charge is 2.04. The van der Waals surface area contributed by atoms with E-state index in [0.29, 0.717) is 13.3 Å². The molecule has 3 aromatic rings. The lowest BCUT2D eigenvalue weighted by molar-refractivity contribution is 0.0668. The summed E-state index contributed by atoms with van der Waals surface area (Å²) in [5.74, 6) is 0. The fraction of sp³-hybridized carbons (Fsp3) is 0.125. The Hall–Kier alpha value is -1.77. The summed E-state index contributed by atoms with van der Waals surface area (Å²) in [4.78, 5) is 0. The molecule has 0 saturated heterocycles. The molecule has 0 bridgehead atoms. The van der Waals surface area contributed by atoms with Crippen molar-refractivity contribution in [2.45, 2.75) is 13.3 Å². The van der Waals surface area contributed by atoms with Crippen LogP contribution in [-0.4, -0.2) is 4.57 Å². The van der Waals surface area contributed by atoms with E-state index < -0.39 is 0 Å². The molecule has 19 heavy (non-hydrogen) atoms. The van der Waals surface area contributed by atoms with Crippen LogP contribution in [0.3, 0.4) is 0 Å². The molecule has 96 valence electrons. The number of fused-ring (bicyclic) bond motifs is 1. The second-order valence-electron chi connectivity index (χ2n) is 4.43. The van der Waals surface area contributed by atoms with Gasteiger partial charge in [-0.25, -0.2) is 0 Å². The van der Waals surface area contributed by atoms with Crippen molar-refractivity contribution in [3.8, 4) is 0 Å². The van der Waals surface area contributed by atoms with Gasteiger partial charge in [-0.2, -0.15) is 0 Å². The number of para-hydroxylation sites is 1. The Morgan fingerprint density at radius 1 is 0.947 bits per heavy atom. The van der Waals surface area contributed by atoms with Crippen LogP contribution in [0.1, 0.15) is 5.56 Å². The van der Waals surface area contributed by atoms with Gasteiger partial charge in [0.15, 0.2) is 0 Å².